The molecule has 2 amide bonds. The summed E-state index contributed by atoms with van der Waals surface area (Å²) in [6.07, 6.45) is 7.45. The second kappa shape index (κ2) is 11.6. The number of carbonyl (C=O) groups is 1. The molecule has 0 saturated carbocycles. The molecule has 3 aromatic carbocycles. The van der Waals surface area contributed by atoms with Gasteiger partial charge in [-0.3, -0.25) is 4.79 Å². The monoisotopic (exact) mass is 531 g/mol. The molecule has 1 saturated heterocycles. The quantitative estimate of drug-likeness (QED) is 0.300. The van der Waals surface area contributed by atoms with Gasteiger partial charge >= 0.3 is 6.03 Å². The third-order valence-corrected chi connectivity index (χ3v) is 7.87. The van der Waals surface area contributed by atoms with Gasteiger partial charge in [-0.1, -0.05) is 72.8 Å². The van der Waals surface area contributed by atoms with Gasteiger partial charge in [-0.15, -0.1) is 0 Å². The van der Waals surface area contributed by atoms with Gasteiger partial charge in [-0.2, -0.15) is 0 Å². The zero-order valence-corrected chi connectivity index (χ0v) is 22.4. The van der Waals surface area contributed by atoms with Crippen LogP contribution in [0.3, 0.4) is 0 Å². The van der Waals surface area contributed by atoms with Crippen molar-refractivity contribution in [1.29, 1.82) is 0 Å². The van der Waals surface area contributed by atoms with E-state index in [9.17, 15) is 9.59 Å². The Morgan fingerprint density at radius 2 is 1.68 bits per heavy atom. The fourth-order valence-corrected chi connectivity index (χ4v) is 5.58. The predicted molar refractivity (Wildman–Crippen MR) is 158 cm³/mol. The second-order valence-corrected chi connectivity index (χ2v) is 10.5. The van der Waals surface area contributed by atoms with Gasteiger partial charge in [0.1, 0.15) is 0 Å². The molecule has 40 heavy (non-hydrogen) atoms. The Morgan fingerprint density at radius 1 is 0.900 bits per heavy atom. The van der Waals surface area contributed by atoms with Crippen molar-refractivity contribution in [1.82, 2.24) is 24.3 Å². The van der Waals surface area contributed by atoms with Gasteiger partial charge in [0.15, 0.2) is 0 Å². The van der Waals surface area contributed by atoms with Crippen LogP contribution in [0.1, 0.15) is 24.1 Å². The van der Waals surface area contributed by atoms with Crippen molar-refractivity contribution in [2.45, 2.75) is 32.5 Å². The number of fused-ring (bicyclic) bond motifs is 1. The number of urea groups is 1. The lowest BCUT2D eigenvalue weighted by molar-refractivity contribution is 0.165. The van der Waals surface area contributed by atoms with Crippen LogP contribution in [0.15, 0.2) is 108 Å². The molecule has 0 radical (unpaired) electrons. The number of carbonyl (C=O) groups excluding carboxylic acids is 1. The van der Waals surface area contributed by atoms with Gasteiger partial charge in [0.25, 0.3) is 5.56 Å². The van der Waals surface area contributed by atoms with Crippen LogP contribution in [0, 0.1) is 5.92 Å². The molecule has 6 rings (SSSR count). The number of nitrogens with zero attached hydrogens (tertiary/aromatic N) is 4. The highest BCUT2D eigenvalue weighted by Crippen LogP contribution is 2.27. The molecular weight excluding hydrogens is 498 g/mol. The highest BCUT2D eigenvalue weighted by atomic mass is 16.2. The predicted octanol–water partition coefficient (Wildman–Crippen LogP) is 5.54. The molecule has 0 unspecified atom stereocenters. The summed E-state index contributed by atoms with van der Waals surface area (Å²) >= 11 is 0. The average molecular weight is 532 g/mol. The van der Waals surface area contributed by atoms with Gasteiger partial charge in [-0.25, -0.2) is 9.78 Å². The first-order chi connectivity index (χ1) is 19.6. The van der Waals surface area contributed by atoms with Crippen molar-refractivity contribution < 1.29 is 4.79 Å². The van der Waals surface area contributed by atoms with Crippen molar-refractivity contribution in [3.8, 4) is 11.1 Å². The van der Waals surface area contributed by atoms with E-state index in [1.165, 1.54) is 0 Å². The Hall–Kier alpha value is -4.65. The largest absolute Gasteiger partial charge is 0.334 e. The fourth-order valence-electron chi connectivity index (χ4n) is 5.58. The number of piperidine rings is 1. The number of nitrogens with one attached hydrogen (secondary N) is 1. The second-order valence-electron chi connectivity index (χ2n) is 10.5. The smallest absolute Gasteiger partial charge is 0.317 e. The van der Waals surface area contributed by atoms with Crippen molar-refractivity contribution in [3.05, 3.63) is 125 Å². The van der Waals surface area contributed by atoms with Crippen LogP contribution in [0.25, 0.3) is 21.9 Å². The van der Waals surface area contributed by atoms with E-state index in [0.717, 1.165) is 65.6 Å². The molecule has 0 spiro atoms. The van der Waals surface area contributed by atoms with E-state index < -0.39 is 0 Å². The summed E-state index contributed by atoms with van der Waals surface area (Å²) in [6, 6.07) is 28.1. The van der Waals surface area contributed by atoms with Crippen molar-refractivity contribution >= 4 is 16.8 Å². The minimum atomic E-state index is -0.0343. The maximum Gasteiger partial charge on any atom is 0.317 e. The molecule has 2 aromatic heterocycles. The summed E-state index contributed by atoms with van der Waals surface area (Å²) < 4.78 is 3.89. The van der Waals surface area contributed by atoms with Crippen LogP contribution >= 0.6 is 0 Å². The number of pyridine rings is 1. The number of rotatable bonds is 7. The minimum Gasteiger partial charge on any atom is -0.334 e. The first kappa shape index (κ1) is 25.6. The first-order valence-electron chi connectivity index (χ1n) is 13.9. The van der Waals surface area contributed by atoms with Crippen LogP contribution in [0.2, 0.25) is 0 Å². The number of imidazole rings is 1. The summed E-state index contributed by atoms with van der Waals surface area (Å²) in [5, 5.41) is 5.33. The SMILES string of the molecule is O=C(NCc1ccccc1)N1CCC(Cn2cncc2Cn2ccc(-c3cccc4ccccc34)cc2=O)CC1. The third kappa shape index (κ3) is 5.69. The van der Waals surface area contributed by atoms with E-state index >= 15 is 0 Å². The maximum atomic E-state index is 13.1. The molecule has 7 heteroatoms. The van der Waals surface area contributed by atoms with Crippen LogP contribution in [-0.2, 0) is 19.6 Å². The van der Waals surface area contributed by atoms with Gasteiger partial charge in [0.05, 0.1) is 18.6 Å². The highest BCUT2D eigenvalue weighted by Gasteiger charge is 2.23. The van der Waals surface area contributed by atoms with Crippen LogP contribution in [0.4, 0.5) is 4.79 Å². The highest BCUT2D eigenvalue weighted by molar-refractivity contribution is 5.96. The lowest BCUT2D eigenvalue weighted by Gasteiger charge is -2.32. The number of aromatic nitrogens is 3. The van der Waals surface area contributed by atoms with Gasteiger partial charge < -0.3 is 19.4 Å². The standard InChI is InChI=1S/C33H33N5O2/c39-32-19-28(31-12-6-10-27-9-4-5-11-30(27)31)15-18-37(32)23-29-21-34-24-38(29)22-26-13-16-36(17-14-26)33(40)35-20-25-7-2-1-3-8-25/h1-12,15,18-19,21,24,26H,13-14,16-17,20,22-23H2,(H,35,40). The summed E-state index contributed by atoms with van der Waals surface area (Å²) in [5.74, 6) is 0.455. The van der Waals surface area contributed by atoms with Crippen LogP contribution in [0.5, 0.6) is 0 Å². The molecule has 5 aromatic rings. The molecule has 3 heterocycles. The lowest BCUT2D eigenvalue weighted by atomic mass is 9.97. The van der Waals surface area contributed by atoms with E-state index in [-0.39, 0.29) is 11.6 Å². The zero-order chi connectivity index (χ0) is 27.3. The Kier molecular flexibility index (Phi) is 7.44. The summed E-state index contributed by atoms with van der Waals surface area (Å²) in [4.78, 5) is 32.0. The first-order valence-corrected chi connectivity index (χ1v) is 13.9. The van der Waals surface area contributed by atoms with E-state index in [4.69, 9.17) is 0 Å². The number of amides is 2. The number of likely N-dealkylation sites (tertiary alicyclic amines) is 1. The van der Waals surface area contributed by atoms with Crippen molar-refractivity contribution in [3.63, 3.8) is 0 Å². The molecule has 1 aliphatic rings. The topological polar surface area (TPSA) is 72.2 Å². The van der Waals surface area contributed by atoms with Gasteiger partial charge in [0, 0.05) is 44.6 Å². The number of hydrogen-bond donors (Lipinski definition) is 1. The maximum absolute atomic E-state index is 13.1. The van der Waals surface area contributed by atoms with Crippen LogP contribution < -0.4 is 10.9 Å². The van der Waals surface area contributed by atoms with Crippen LogP contribution in [-0.4, -0.2) is 38.1 Å². The molecule has 0 atom stereocenters. The molecule has 202 valence electrons. The van der Waals surface area contributed by atoms with Gasteiger partial charge in [0.2, 0.25) is 0 Å². The Labute approximate surface area is 233 Å². The molecule has 0 bridgehead atoms. The van der Waals surface area contributed by atoms with Crippen molar-refractivity contribution in [2.75, 3.05) is 13.1 Å². The van der Waals surface area contributed by atoms with E-state index in [1.807, 2.05) is 78.2 Å². The zero-order valence-electron chi connectivity index (χ0n) is 22.4. The number of benzene rings is 3. The molecule has 0 aliphatic carbocycles. The molecule has 7 nitrogen and oxygen atoms in total. The Balaban J connectivity index is 1.07. The summed E-state index contributed by atoms with van der Waals surface area (Å²) in [6.45, 7) is 3.32. The Bertz CT molecular complexity index is 1660. The van der Waals surface area contributed by atoms with E-state index in [1.54, 1.807) is 10.6 Å². The number of hydrogen-bond acceptors (Lipinski definition) is 3. The fraction of sp³-hybridized carbons (Fsp3) is 0.242. The van der Waals surface area contributed by atoms with E-state index in [2.05, 4.69) is 39.1 Å². The molecule has 1 N–H and O–H groups in total. The minimum absolute atomic E-state index is 0.00283. The van der Waals surface area contributed by atoms with E-state index in [0.29, 0.717) is 19.0 Å². The normalized spacial score (nSPS) is 13.9. The average Bonchev–Trinajstić information content (AvgIpc) is 3.43. The molecule has 1 fully saturated rings. The summed E-state index contributed by atoms with van der Waals surface area (Å²) in [5.41, 5.74) is 4.05. The molecular formula is C33H33N5O2. The van der Waals surface area contributed by atoms with Gasteiger partial charge in [-0.05, 0) is 52.3 Å². The van der Waals surface area contributed by atoms with Crippen molar-refractivity contribution in [2.24, 2.45) is 5.92 Å². The Morgan fingerprint density at radius 3 is 2.50 bits per heavy atom. The third-order valence-electron chi connectivity index (χ3n) is 7.87. The lowest BCUT2D eigenvalue weighted by Crippen LogP contribution is -2.44. The summed E-state index contributed by atoms with van der Waals surface area (Å²) in [7, 11) is 0. The molecule has 1 aliphatic heterocycles.